The second-order valence-corrected chi connectivity index (χ2v) is 6.91. The largest absolute Gasteiger partial charge is 0.457 e. The number of benzene rings is 3. The van der Waals surface area contributed by atoms with Gasteiger partial charge >= 0.3 is 6.09 Å². The number of amides is 2. The molecule has 1 saturated heterocycles. The van der Waals surface area contributed by atoms with Crippen molar-refractivity contribution in [2.75, 3.05) is 6.61 Å². The van der Waals surface area contributed by atoms with Crippen molar-refractivity contribution in [2.45, 2.75) is 12.5 Å². The van der Waals surface area contributed by atoms with E-state index in [1.807, 2.05) is 84.9 Å². The molecule has 1 heterocycles. The fourth-order valence-corrected chi connectivity index (χ4v) is 3.33. The van der Waals surface area contributed by atoms with Crippen molar-refractivity contribution in [3.05, 3.63) is 102 Å². The fraction of sp³-hybridized carbons (Fsp3) is 0.120. The summed E-state index contributed by atoms with van der Waals surface area (Å²) < 4.78 is 11.1. The van der Waals surface area contributed by atoms with Crippen LogP contribution in [0.1, 0.15) is 11.1 Å². The molecule has 0 aromatic heterocycles. The third-order valence-corrected chi connectivity index (χ3v) is 4.81. The molecule has 1 aliphatic heterocycles. The highest BCUT2D eigenvalue weighted by Gasteiger charge is 2.36. The van der Waals surface area contributed by atoms with Gasteiger partial charge in [-0.1, -0.05) is 66.7 Å². The quantitative estimate of drug-likeness (QED) is 0.542. The lowest BCUT2D eigenvalue weighted by Gasteiger charge is -2.18. The van der Waals surface area contributed by atoms with Crippen LogP contribution in [0.5, 0.6) is 11.5 Å². The number of carbonyl (C=O) groups is 2. The van der Waals surface area contributed by atoms with Crippen molar-refractivity contribution in [1.82, 2.24) is 4.90 Å². The van der Waals surface area contributed by atoms with Crippen LogP contribution in [0, 0.1) is 0 Å². The number of nitrogens with zero attached hydrogens (tertiary/aromatic N) is 1. The minimum atomic E-state index is -0.612. The second-order valence-electron chi connectivity index (χ2n) is 6.91. The Kier molecular flexibility index (Phi) is 5.90. The van der Waals surface area contributed by atoms with Crippen LogP contribution in [-0.2, 0) is 16.0 Å². The summed E-state index contributed by atoms with van der Waals surface area (Å²) in [4.78, 5) is 26.1. The van der Waals surface area contributed by atoms with Gasteiger partial charge in [0.2, 0.25) is 0 Å². The summed E-state index contributed by atoms with van der Waals surface area (Å²) in [6, 6.07) is 26.3. The molecule has 0 spiro atoms. The van der Waals surface area contributed by atoms with Crippen molar-refractivity contribution in [3.63, 3.8) is 0 Å². The van der Waals surface area contributed by atoms with E-state index in [4.69, 9.17) is 9.47 Å². The molecule has 0 radical (unpaired) electrons. The molecule has 0 bridgehead atoms. The molecule has 5 nitrogen and oxygen atoms in total. The number of hydrogen-bond donors (Lipinski definition) is 0. The molecule has 1 atom stereocenters. The molecular formula is C25H21NO4. The number of carbonyl (C=O) groups excluding carboxylic acids is 2. The molecule has 4 rings (SSSR count). The van der Waals surface area contributed by atoms with E-state index in [-0.39, 0.29) is 12.6 Å². The van der Waals surface area contributed by atoms with E-state index in [0.29, 0.717) is 17.9 Å². The first-order valence-corrected chi connectivity index (χ1v) is 9.74. The highest BCUT2D eigenvalue weighted by atomic mass is 16.6. The van der Waals surface area contributed by atoms with Crippen LogP contribution in [0.4, 0.5) is 4.79 Å². The number of cyclic esters (lactones) is 1. The van der Waals surface area contributed by atoms with Gasteiger partial charge in [-0.2, -0.15) is 0 Å². The van der Waals surface area contributed by atoms with Crippen LogP contribution >= 0.6 is 0 Å². The van der Waals surface area contributed by atoms with E-state index in [9.17, 15) is 9.59 Å². The van der Waals surface area contributed by atoms with Crippen molar-refractivity contribution in [2.24, 2.45) is 0 Å². The zero-order valence-electron chi connectivity index (χ0n) is 16.3. The summed E-state index contributed by atoms with van der Waals surface area (Å²) in [7, 11) is 0. The molecule has 1 unspecified atom stereocenters. The average Bonchev–Trinajstić information content (AvgIpc) is 3.14. The first-order valence-electron chi connectivity index (χ1n) is 9.74. The monoisotopic (exact) mass is 399 g/mol. The van der Waals surface area contributed by atoms with E-state index in [1.165, 1.54) is 11.0 Å². The zero-order valence-corrected chi connectivity index (χ0v) is 16.3. The molecule has 0 aliphatic carbocycles. The summed E-state index contributed by atoms with van der Waals surface area (Å²) in [5.74, 6) is 0.918. The minimum absolute atomic E-state index is 0.195. The highest BCUT2D eigenvalue weighted by molar-refractivity contribution is 6.02. The lowest BCUT2D eigenvalue weighted by molar-refractivity contribution is -0.124. The van der Waals surface area contributed by atoms with Gasteiger partial charge in [0.25, 0.3) is 5.91 Å². The Hall–Kier alpha value is -3.86. The summed E-state index contributed by atoms with van der Waals surface area (Å²) in [5.41, 5.74) is 1.78. The Bertz CT molecular complexity index is 1050. The van der Waals surface area contributed by atoms with Crippen LogP contribution in [0.15, 0.2) is 91.0 Å². The molecule has 1 fully saturated rings. The molecule has 30 heavy (non-hydrogen) atoms. The van der Waals surface area contributed by atoms with Crippen molar-refractivity contribution in [1.29, 1.82) is 0 Å². The predicted molar refractivity (Wildman–Crippen MR) is 114 cm³/mol. The van der Waals surface area contributed by atoms with Gasteiger partial charge in [0, 0.05) is 11.6 Å². The number of rotatable bonds is 6. The highest BCUT2D eigenvalue weighted by Crippen LogP contribution is 2.26. The average molecular weight is 399 g/mol. The molecule has 150 valence electrons. The molecule has 5 heteroatoms. The van der Waals surface area contributed by atoms with Crippen LogP contribution in [0.3, 0.4) is 0 Å². The number of ether oxygens (including phenoxy) is 2. The van der Waals surface area contributed by atoms with Gasteiger partial charge in [-0.05, 0) is 36.3 Å². The van der Waals surface area contributed by atoms with E-state index in [2.05, 4.69) is 0 Å². The Labute approximate surface area is 175 Å². The van der Waals surface area contributed by atoms with Gasteiger partial charge in [-0.3, -0.25) is 4.79 Å². The van der Waals surface area contributed by atoms with Crippen molar-refractivity contribution >= 4 is 18.1 Å². The third kappa shape index (κ3) is 4.58. The Morgan fingerprint density at radius 2 is 1.63 bits per heavy atom. The van der Waals surface area contributed by atoms with Crippen molar-refractivity contribution < 1.29 is 19.1 Å². The number of imide groups is 1. The van der Waals surface area contributed by atoms with Gasteiger partial charge in [-0.15, -0.1) is 0 Å². The first kappa shape index (κ1) is 19.5. The Morgan fingerprint density at radius 1 is 0.967 bits per heavy atom. The van der Waals surface area contributed by atoms with E-state index in [1.54, 1.807) is 6.08 Å². The molecular weight excluding hydrogens is 378 g/mol. The molecule has 0 saturated carbocycles. The normalized spacial score (nSPS) is 15.9. The summed E-state index contributed by atoms with van der Waals surface area (Å²) in [6.45, 7) is 0.195. The molecule has 2 amide bonds. The first-order chi connectivity index (χ1) is 14.7. The van der Waals surface area contributed by atoms with Gasteiger partial charge in [-0.25, -0.2) is 9.69 Å². The lowest BCUT2D eigenvalue weighted by Crippen LogP contribution is -2.39. The SMILES string of the molecule is O=C(C=Cc1ccccc1Oc1ccccc1)N1C(=O)OCC1Cc1ccccc1. The van der Waals surface area contributed by atoms with Crippen LogP contribution in [0.2, 0.25) is 0 Å². The van der Waals surface area contributed by atoms with Gasteiger partial charge in [0.1, 0.15) is 18.1 Å². The summed E-state index contributed by atoms with van der Waals surface area (Å²) in [5, 5.41) is 0. The topological polar surface area (TPSA) is 55.8 Å². The van der Waals surface area contributed by atoms with Crippen LogP contribution < -0.4 is 4.74 Å². The Morgan fingerprint density at radius 3 is 2.40 bits per heavy atom. The summed E-state index contributed by atoms with van der Waals surface area (Å²) in [6.07, 6.45) is 2.99. The molecule has 0 N–H and O–H groups in total. The maximum absolute atomic E-state index is 12.8. The molecule has 1 aliphatic rings. The van der Waals surface area contributed by atoms with E-state index >= 15 is 0 Å². The maximum atomic E-state index is 12.8. The maximum Gasteiger partial charge on any atom is 0.417 e. The second kappa shape index (κ2) is 9.09. The standard InChI is InChI=1S/C25H21NO4/c27-24(26-21(18-29-25(26)28)17-19-9-3-1-4-10-19)16-15-20-11-7-8-14-23(20)30-22-12-5-2-6-13-22/h1-16,21H,17-18H2. The number of para-hydroxylation sites is 2. The van der Waals surface area contributed by atoms with Crippen LogP contribution in [0.25, 0.3) is 6.08 Å². The van der Waals surface area contributed by atoms with E-state index < -0.39 is 12.0 Å². The lowest BCUT2D eigenvalue weighted by atomic mass is 10.1. The van der Waals surface area contributed by atoms with E-state index in [0.717, 1.165) is 11.1 Å². The van der Waals surface area contributed by atoms with Gasteiger partial charge in [0.15, 0.2) is 0 Å². The smallest absolute Gasteiger partial charge is 0.417 e. The zero-order chi connectivity index (χ0) is 20.8. The molecule has 3 aromatic rings. The summed E-state index contributed by atoms with van der Waals surface area (Å²) >= 11 is 0. The van der Waals surface area contributed by atoms with Crippen molar-refractivity contribution in [3.8, 4) is 11.5 Å². The van der Waals surface area contributed by atoms with Gasteiger partial charge in [0.05, 0.1) is 6.04 Å². The fourth-order valence-electron chi connectivity index (χ4n) is 3.33. The number of hydrogen-bond acceptors (Lipinski definition) is 4. The Balaban J connectivity index is 1.49. The third-order valence-electron chi connectivity index (χ3n) is 4.81. The minimum Gasteiger partial charge on any atom is -0.457 e. The molecule has 3 aromatic carbocycles. The van der Waals surface area contributed by atoms with Crippen LogP contribution in [-0.4, -0.2) is 29.5 Å². The predicted octanol–water partition coefficient (Wildman–Crippen LogP) is 5.08. The van der Waals surface area contributed by atoms with Gasteiger partial charge < -0.3 is 9.47 Å².